The molecule has 0 unspecified atom stereocenters. The maximum atomic E-state index is 12.5. The summed E-state index contributed by atoms with van der Waals surface area (Å²) in [4.78, 5) is 16.7. The van der Waals surface area contributed by atoms with E-state index in [-0.39, 0.29) is 5.57 Å². The minimum Gasteiger partial charge on any atom is -0.321 e. The fourth-order valence-corrected chi connectivity index (χ4v) is 3.04. The molecule has 134 valence electrons. The van der Waals surface area contributed by atoms with E-state index >= 15 is 0 Å². The van der Waals surface area contributed by atoms with Gasteiger partial charge in [-0.05, 0) is 68.3 Å². The third kappa shape index (κ3) is 3.96. The van der Waals surface area contributed by atoms with E-state index in [0.29, 0.717) is 5.69 Å². The number of carbonyl (C=O) groups excluding carboxylic acids is 1. The van der Waals surface area contributed by atoms with Crippen LogP contribution in [0, 0.1) is 32.1 Å². The van der Waals surface area contributed by atoms with Crippen molar-refractivity contribution in [3.8, 4) is 11.8 Å². The molecular weight excluding hydrogens is 336 g/mol. The molecule has 0 aliphatic carbocycles. The van der Waals surface area contributed by atoms with Crippen LogP contribution in [0.15, 0.2) is 60.4 Å². The Morgan fingerprint density at radius 1 is 1.19 bits per heavy atom. The van der Waals surface area contributed by atoms with Crippen molar-refractivity contribution < 1.29 is 4.79 Å². The van der Waals surface area contributed by atoms with Gasteiger partial charge >= 0.3 is 0 Å². The summed E-state index contributed by atoms with van der Waals surface area (Å²) >= 11 is 0. The molecular formula is C22H20N4O. The monoisotopic (exact) mass is 356 g/mol. The average molecular weight is 356 g/mol. The lowest BCUT2D eigenvalue weighted by Gasteiger charge is -2.08. The van der Waals surface area contributed by atoms with E-state index in [0.717, 1.165) is 28.2 Å². The van der Waals surface area contributed by atoms with E-state index in [1.807, 2.05) is 67.8 Å². The molecule has 3 aromatic rings. The summed E-state index contributed by atoms with van der Waals surface area (Å²) in [6, 6.07) is 15.3. The van der Waals surface area contributed by atoms with Gasteiger partial charge in [-0.25, -0.2) is 0 Å². The summed E-state index contributed by atoms with van der Waals surface area (Å²) in [5, 5.41) is 12.3. The fourth-order valence-electron chi connectivity index (χ4n) is 3.04. The Labute approximate surface area is 158 Å². The molecule has 1 N–H and O–H groups in total. The van der Waals surface area contributed by atoms with Crippen LogP contribution >= 0.6 is 0 Å². The highest BCUT2D eigenvalue weighted by atomic mass is 16.1. The van der Waals surface area contributed by atoms with Crippen molar-refractivity contribution in [1.29, 1.82) is 5.26 Å². The number of aryl methyl sites for hydroxylation is 2. The Morgan fingerprint density at radius 2 is 2.00 bits per heavy atom. The highest BCUT2D eigenvalue weighted by Crippen LogP contribution is 2.22. The summed E-state index contributed by atoms with van der Waals surface area (Å²) in [7, 11) is 0. The Kier molecular flexibility index (Phi) is 5.18. The normalized spacial score (nSPS) is 11.1. The number of pyridine rings is 1. The average Bonchev–Trinajstić information content (AvgIpc) is 2.93. The van der Waals surface area contributed by atoms with Crippen molar-refractivity contribution >= 4 is 17.7 Å². The number of nitrogens with one attached hydrogen (secondary N) is 1. The van der Waals surface area contributed by atoms with Gasteiger partial charge in [0.1, 0.15) is 11.6 Å². The molecule has 0 atom stereocenters. The highest BCUT2D eigenvalue weighted by Gasteiger charge is 2.14. The maximum absolute atomic E-state index is 12.5. The van der Waals surface area contributed by atoms with Gasteiger partial charge in [0.05, 0.1) is 11.9 Å². The van der Waals surface area contributed by atoms with Crippen LogP contribution in [0.2, 0.25) is 0 Å². The van der Waals surface area contributed by atoms with E-state index in [4.69, 9.17) is 0 Å². The maximum Gasteiger partial charge on any atom is 0.266 e. The van der Waals surface area contributed by atoms with Crippen LogP contribution in [0.4, 0.5) is 5.69 Å². The molecule has 2 aromatic heterocycles. The van der Waals surface area contributed by atoms with Crippen LogP contribution in [-0.2, 0) is 4.79 Å². The first kappa shape index (κ1) is 18.2. The Morgan fingerprint density at radius 3 is 2.67 bits per heavy atom. The van der Waals surface area contributed by atoms with Crippen LogP contribution in [0.5, 0.6) is 0 Å². The molecule has 0 fully saturated rings. The SMILES string of the molecule is Cc1cccc(NC(=O)/C(C#N)=C\c2cc(C)n(-c3cccnc3)c2C)c1. The fraction of sp³-hybridized carbons (Fsp3) is 0.136. The molecule has 5 heteroatoms. The van der Waals surface area contributed by atoms with E-state index < -0.39 is 5.91 Å². The zero-order chi connectivity index (χ0) is 19.4. The molecule has 0 aliphatic rings. The number of carbonyl (C=O) groups is 1. The predicted molar refractivity (Wildman–Crippen MR) is 106 cm³/mol. The van der Waals surface area contributed by atoms with Crippen LogP contribution in [0.3, 0.4) is 0 Å². The lowest BCUT2D eigenvalue weighted by atomic mass is 10.1. The molecule has 0 saturated heterocycles. The van der Waals surface area contributed by atoms with Gasteiger partial charge < -0.3 is 9.88 Å². The summed E-state index contributed by atoms with van der Waals surface area (Å²) in [5.41, 5.74) is 5.47. The first-order valence-corrected chi connectivity index (χ1v) is 8.59. The number of anilines is 1. The summed E-state index contributed by atoms with van der Waals surface area (Å²) in [5.74, 6) is -0.422. The third-order valence-electron chi connectivity index (χ3n) is 4.32. The molecule has 2 heterocycles. The molecule has 5 nitrogen and oxygen atoms in total. The van der Waals surface area contributed by atoms with Crippen molar-refractivity contribution in [2.24, 2.45) is 0 Å². The molecule has 0 saturated carbocycles. The minimum absolute atomic E-state index is 0.0583. The molecule has 3 rings (SSSR count). The summed E-state index contributed by atoms with van der Waals surface area (Å²) in [6.07, 6.45) is 5.13. The highest BCUT2D eigenvalue weighted by molar-refractivity contribution is 6.09. The number of aromatic nitrogens is 2. The number of nitrogens with zero attached hydrogens (tertiary/aromatic N) is 3. The Balaban J connectivity index is 1.92. The quantitative estimate of drug-likeness (QED) is 0.558. The first-order valence-electron chi connectivity index (χ1n) is 8.59. The number of amides is 1. The first-order chi connectivity index (χ1) is 13.0. The van der Waals surface area contributed by atoms with E-state index in [1.54, 1.807) is 24.5 Å². The number of rotatable bonds is 4. The van der Waals surface area contributed by atoms with Crippen LogP contribution < -0.4 is 5.32 Å². The smallest absolute Gasteiger partial charge is 0.266 e. The van der Waals surface area contributed by atoms with Crippen LogP contribution in [0.1, 0.15) is 22.5 Å². The molecule has 0 bridgehead atoms. The lowest BCUT2D eigenvalue weighted by molar-refractivity contribution is -0.112. The predicted octanol–water partition coefficient (Wildman–Crippen LogP) is 4.34. The van der Waals surface area contributed by atoms with E-state index in [2.05, 4.69) is 10.3 Å². The van der Waals surface area contributed by atoms with Crippen molar-refractivity contribution in [2.75, 3.05) is 5.32 Å². The minimum atomic E-state index is -0.422. The topological polar surface area (TPSA) is 70.7 Å². The van der Waals surface area contributed by atoms with Crippen molar-refractivity contribution in [1.82, 2.24) is 9.55 Å². The van der Waals surface area contributed by atoms with Gasteiger partial charge in [-0.1, -0.05) is 12.1 Å². The molecule has 1 aromatic carbocycles. The molecule has 27 heavy (non-hydrogen) atoms. The molecule has 1 amide bonds. The van der Waals surface area contributed by atoms with E-state index in [9.17, 15) is 10.1 Å². The molecule has 0 radical (unpaired) electrons. The second kappa shape index (κ2) is 7.71. The zero-order valence-electron chi connectivity index (χ0n) is 15.5. The van der Waals surface area contributed by atoms with Crippen molar-refractivity contribution in [2.45, 2.75) is 20.8 Å². The second-order valence-corrected chi connectivity index (χ2v) is 6.37. The number of benzene rings is 1. The van der Waals surface area contributed by atoms with Crippen LogP contribution in [-0.4, -0.2) is 15.5 Å². The van der Waals surface area contributed by atoms with Crippen LogP contribution in [0.25, 0.3) is 11.8 Å². The van der Waals surface area contributed by atoms with Gasteiger partial charge in [0, 0.05) is 23.3 Å². The van der Waals surface area contributed by atoms with Gasteiger partial charge in [0.25, 0.3) is 5.91 Å². The van der Waals surface area contributed by atoms with Crippen molar-refractivity contribution in [3.63, 3.8) is 0 Å². The largest absolute Gasteiger partial charge is 0.321 e. The molecule has 0 aliphatic heterocycles. The van der Waals surface area contributed by atoms with Gasteiger partial charge in [0.2, 0.25) is 0 Å². The summed E-state index contributed by atoms with van der Waals surface area (Å²) < 4.78 is 2.05. The number of nitriles is 1. The van der Waals surface area contributed by atoms with Gasteiger partial charge in [-0.15, -0.1) is 0 Å². The summed E-state index contributed by atoms with van der Waals surface area (Å²) in [6.45, 7) is 5.89. The zero-order valence-corrected chi connectivity index (χ0v) is 15.5. The van der Waals surface area contributed by atoms with E-state index in [1.165, 1.54) is 0 Å². The molecule has 0 spiro atoms. The third-order valence-corrected chi connectivity index (χ3v) is 4.32. The van der Waals surface area contributed by atoms with Gasteiger partial charge in [-0.2, -0.15) is 5.26 Å². The Hall–Kier alpha value is -3.65. The lowest BCUT2D eigenvalue weighted by Crippen LogP contribution is -2.13. The second-order valence-electron chi connectivity index (χ2n) is 6.37. The Bertz CT molecular complexity index is 1060. The van der Waals surface area contributed by atoms with Crippen molar-refractivity contribution in [3.05, 3.63) is 82.9 Å². The van der Waals surface area contributed by atoms with Gasteiger partial charge in [-0.3, -0.25) is 9.78 Å². The number of hydrogen-bond donors (Lipinski definition) is 1. The number of hydrogen-bond acceptors (Lipinski definition) is 3. The van der Waals surface area contributed by atoms with Gasteiger partial charge in [0.15, 0.2) is 0 Å². The standard InChI is InChI=1S/C22H20N4O/c1-15-6-4-7-20(10-15)25-22(27)19(13-23)12-18-11-16(2)26(17(18)3)21-8-5-9-24-14-21/h4-12,14H,1-3H3,(H,25,27)/b19-12-.